The van der Waals surface area contributed by atoms with E-state index in [4.69, 9.17) is 16.3 Å². The van der Waals surface area contributed by atoms with E-state index in [1.165, 1.54) is 25.1 Å². The zero-order chi connectivity index (χ0) is 20.1. The molecule has 2 rings (SSSR count). The molecule has 2 aromatic carbocycles. The number of carbonyl (C=O) groups excluding carboxylic acids is 3. The van der Waals surface area contributed by atoms with Crippen molar-refractivity contribution in [2.24, 2.45) is 5.92 Å². The Labute approximate surface area is 162 Å². The fourth-order valence-electron chi connectivity index (χ4n) is 2.19. The van der Waals surface area contributed by atoms with Crippen molar-refractivity contribution in [1.29, 1.82) is 0 Å². The SMILES string of the molecule is CC(C)C(=O)Nc1ccc(C(=O)[C@H](C)OC(=O)c2ccc(Cl)cc2O)cc1. The summed E-state index contributed by atoms with van der Waals surface area (Å²) in [6.07, 6.45) is -1.05. The van der Waals surface area contributed by atoms with Gasteiger partial charge in [-0.05, 0) is 49.4 Å². The Balaban J connectivity index is 2.04. The first-order valence-electron chi connectivity index (χ1n) is 8.33. The van der Waals surface area contributed by atoms with Crippen LogP contribution in [0.4, 0.5) is 5.69 Å². The molecule has 0 saturated carbocycles. The fraction of sp³-hybridized carbons (Fsp3) is 0.250. The molecule has 0 fully saturated rings. The number of phenolic OH excluding ortho intramolecular Hbond substituents is 1. The molecule has 7 heteroatoms. The number of anilines is 1. The number of amides is 1. The summed E-state index contributed by atoms with van der Waals surface area (Å²) in [6, 6.07) is 10.3. The van der Waals surface area contributed by atoms with Gasteiger partial charge in [0.25, 0.3) is 0 Å². The minimum atomic E-state index is -1.05. The summed E-state index contributed by atoms with van der Waals surface area (Å²) < 4.78 is 5.14. The number of aromatic hydroxyl groups is 1. The third kappa shape index (κ3) is 5.31. The van der Waals surface area contributed by atoms with E-state index in [2.05, 4.69) is 5.32 Å². The second-order valence-corrected chi connectivity index (χ2v) is 6.73. The molecule has 0 bridgehead atoms. The van der Waals surface area contributed by atoms with E-state index in [1.807, 2.05) is 0 Å². The summed E-state index contributed by atoms with van der Waals surface area (Å²) in [5.74, 6) is -1.84. The lowest BCUT2D eigenvalue weighted by molar-refractivity contribution is -0.118. The Hall–Kier alpha value is -2.86. The smallest absolute Gasteiger partial charge is 0.342 e. The van der Waals surface area contributed by atoms with Crippen LogP contribution in [0.25, 0.3) is 0 Å². The number of phenols is 1. The highest BCUT2D eigenvalue weighted by Crippen LogP contribution is 2.23. The predicted octanol–water partition coefficient (Wildman–Crippen LogP) is 4.07. The van der Waals surface area contributed by atoms with Crippen molar-refractivity contribution in [3.63, 3.8) is 0 Å². The monoisotopic (exact) mass is 389 g/mol. The van der Waals surface area contributed by atoms with Crippen molar-refractivity contribution < 1.29 is 24.2 Å². The third-order valence-electron chi connectivity index (χ3n) is 3.79. The molecule has 2 N–H and O–H groups in total. The van der Waals surface area contributed by atoms with E-state index in [0.717, 1.165) is 0 Å². The lowest BCUT2D eigenvalue weighted by atomic mass is 10.1. The number of halogens is 1. The minimum absolute atomic E-state index is 0.0780. The number of Topliss-reactive ketones (excluding diaryl/α,β-unsaturated/α-hetero) is 1. The summed E-state index contributed by atoms with van der Waals surface area (Å²) in [7, 11) is 0. The number of rotatable bonds is 6. The molecule has 6 nitrogen and oxygen atoms in total. The molecule has 0 radical (unpaired) electrons. The number of hydrogen-bond donors (Lipinski definition) is 2. The second-order valence-electron chi connectivity index (χ2n) is 6.29. The zero-order valence-electron chi connectivity index (χ0n) is 15.2. The molecule has 0 aliphatic carbocycles. The van der Waals surface area contributed by atoms with E-state index in [-0.39, 0.29) is 28.2 Å². The van der Waals surface area contributed by atoms with Crippen LogP contribution in [0, 0.1) is 5.92 Å². The lowest BCUT2D eigenvalue weighted by Crippen LogP contribution is -2.24. The Morgan fingerprint density at radius 3 is 2.22 bits per heavy atom. The Morgan fingerprint density at radius 2 is 1.67 bits per heavy atom. The first kappa shape index (κ1) is 20.5. The molecule has 0 unspecified atom stereocenters. The fourth-order valence-corrected chi connectivity index (χ4v) is 2.36. The molecule has 0 saturated heterocycles. The van der Waals surface area contributed by atoms with Gasteiger partial charge in [-0.25, -0.2) is 4.79 Å². The van der Waals surface area contributed by atoms with Gasteiger partial charge >= 0.3 is 5.97 Å². The number of carbonyl (C=O) groups is 3. The first-order chi connectivity index (χ1) is 12.7. The summed E-state index contributed by atoms with van der Waals surface area (Å²) >= 11 is 5.73. The molecule has 1 atom stereocenters. The number of benzene rings is 2. The molecule has 0 aromatic heterocycles. The highest BCUT2D eigenvalue weighted by atomic mass is 35.5. The molecule has 142 valence electrons. The molecule has 0 heterocycles. The van der Waals surface area contributed by atoms with Gasteiger partial charge in [0.2, 0.25) is 11.7 Å². The second kappa shape index (κ2) is 8.68. The van der Waals surface area contributed by atoms with Crippen LogP contribution in [0.15, 0.2) is 42.5 Å². The van der Waals surface area contributed by atoms with Crippen LogP contribution in [0.2, 0.25) is 5.02 Å². The average molecular weight is 390 g/mol. The van der Waals surface area contributed by atoms with Crippen molar-refractivity contribution >= 4 is 34.9 Å². The molecule has 27 heavy (non-hydrogen) atoms. The Kier molecular flexibility index (Phi) is 6.58. The van der Waals surface area contributed by atoms with E-state index in [1.54, 1.807) is 38.1 Å². The maximum Gasteiger partial charge on any atom is 0.342 e. The van der Waals surface area contributed by atoms with Gasteiger partial charge in [0, 0.05) is 22.2 Å². The van der Waals surface area contributed by atoms with Crippen LogP contribution in [0.1, 0.15) is 41.5 Å². The van der Waals surface area contributed by atoms with Gasteiger partial charge in [-0.2, -0.15) is 0 Å². The Morgan fingerprint density at radius 1 is 1.04 bits per heavy atom. The number of ketones is 1. The van der Waals surface area contributed by atoms with Crippen LogP contribution in [-0.4, -0.2) is 28.9 Å². The first-order valence-corrected chi connectivity index (χ1v) is 8.71. The summed E-state index contributed by atoms with van der Waals surface area (Å²) in [6.45, 7) is 5.01. The number of ether oxygens (including phenoxy) is 1. The number of nitrogens with one attached hydrogen (secondary N) is 1. The topological polar surface area (TPSA) is 92.7 Å². The highest BCUT2D eigenvalue weighted by Gasteiger charge is 2.22. The molecule has 1 amide bonds. The quantitative estimate of drug-likeness (QED) is 0.574. The van der Waals surface area contributed by atoms with E-state index in [9.17, 15) is 19.5 Å². The average Bonchev–Trinajstić information content (AvgIpc) is 2.61. The van der Waals surface area contributed by atoms with Gasteiger partial charge in [-0.1, -0.05) is 25.4 Å². The van der Waals surface area contributed by atoms with Crippen molar-refractivity contribution in [1.82, 2.24) is 0 Å². The van der Waals surface area contributed by atoms with Gasteiger partial charge in [0.05, 0.1) is 0 Å². The van der Waals surface area contributed by atoms with E-state index >= 15 is 0 Å². The lowest BCUT2D eigenvalue weighted by Gasteiger charge is -2.14. The summed E-state index contributed by atoms with van der Waals surface area (Å²) in [5, 5.41) is 12.8. The van der Waals surface area contributed by atoms with Crippen LogP contribution < -0.4 is 5.32 Å². The number of esters is 1. The summed E-state index contributed by atoms with van der Waals surface area (Å²) in [5.41, 5.74) is 0.824. The normalized spacial score (nSPS) is 11.7. The van der Waals surface area contributed by atoms with Crippen LogP contribution in [0.3, 0.4) is 0 Å². The third-order valence-corrected chi connectivity index (χ3v) is 4.03. The van der Waals surface area contributed by atoms with Crippen molar-refractivity contribution in [2.75, 3.05) is 5.32 Å². The Bertz CT molecular complexity index is 861. The van der Waals surface area contributed by atoms with E-state index < -0.39 is 17.9 Å². The molecule has 2 aromatic rings. The maximum atomic E-state index is 12.4. The molecule has 0 spiro atoms. The van der Waals surface area contributed by atoms with Crippen molar-refractivity contribution in [3.05, 3.63) is 58.6 Å². The molecule has 0 aliphatic heterocycles. The number of hydrogen-bond acceptors (Lipinski definition) is 5. The van der Waals surface area contributed by atoms with Crippen LogP contribution >= 0.6 is 11.6 Å². The standard InChI is InChI=1S/C20H20ClNO5/c1-11(2)19(25)22-15-7-4-13(5-8-15)18(24)12(3)27-20(26)16-9-6-14(21)10-17(16)23/h4-12,23H,1-3H3,(H,22,25)/t12-/m0/s1. The van der Waals surface area contributed by atoms with Gasteiger partial charge in [-0.3, -0.25) is 9.59 Å². The van der Waals surface area contributed by atoms with Crippen LogP contribution in [-0.2, 0) is 9.53 Å². The van der Waals surface area contributed by atoms with Gasteiger partial charge in [0.15, 0.2) is 6.10 Å². The van der Waals surface area contributed by atoms with Gasteiger partial charge in [0.1, 0.15) is 11.3 Å². The summed E-state index contributed by atoms with van der Waals surface area (Å²) in [4.78, 5) is 36.3. The highest BCUT2D eigenvalue weighted by molar-refractivity contribution is 6.30. The van der Waals surface area contributed by atoms with Gasteiger partial charge in [-0.15, -0.1) is 0 Å². The minimum Gasteiger partial charge on any atom is -0.507 e. The van der Waals surface area contributed by atoms with E-state index in [0.29, 0.717) is 11.3 Å². The largest absolute Gasteiger partial charge is 0.507 e. The predicted molar refractivity (Wildman–Crippen MR) is 102 cm³/mol. The molecular formula is C20H20ClNO5. The van der Waals surface area contributed by atoms with Crippen molar-refractivity contribution in [2.45, 2.75) is 26.9 Å². The van der Waals surface area contributed by atoms with Gasteiger partial charge < -0.3 is 15.2 Å². The zero-order valence-corrected chi connectivity index (χ0v) is 15.9. The molecular weight excluding hydrogens is 370 g/mol. The molecule has 0 aliphatic rings. The van der Waals surface area contributed by atoms with Crippen molar-refractivity contribution in [3.8, 4) is 5.75 Å². The van der Waals surface area contributed by atoms with Crippen LogP contribution in [0.5, 0.6) is 5.75 Å². The maximum absolute atomic E-state index is 12.4.